The molecule has 24 heavy (non-hydrogen) atoms. The normalized spacial score (nSPS) is 20.9. The van der Waals surface area contributed by atoms with Gasteiger partial charge in [0.1, 0.15) is 5.75 Å². The number of halogens is 3. The van der Waals surface area contributed by atoms with E-state index in [1.807, 2.05) is 6.92 Å². The molecule has 8 heteroatoms. The SMILES string of the molecule is CCCCC1=NN(C(=O)c2ccc(OC)cc2)[C@](O)(C(F)(F)F)C1. The molecule has 0 saturated carbocycles. The number of methoxy groups -OCH3 is 1. The fourth-order valence-corrected chi connectivity index (χ4v) is 2.43. The number of amides is 1. The molecule has 1 aliphatic rings. The third-order valence-corrected chi connectivity index (χ3v) is 3.84. The van der Waals surface area contributed by atoms with Crippen LogP contribution in [-0.2, 0) is 0 Å². The van der Waals surface area contributed by atoms with Crippen LogP contribution in [0.5, 0.6) is 5.75 Å². The second-order valence-electron chi connectivity index (χ2n) is 5.61. The van der Waals surface area contributed by atoms with Gasteiger partial charge in [0.25, 0.3) is 11.6 Å². The highest BCUT2D eigenvalue weighted by Gasteiger charge is 2.63. The van der Waals surface area contributed by atoms with Crippen molar-refractivity contribution in [2.24, 2.45) is 5.10 Å². The van der Waals surface area contributed by atoms with E-state index in [-0.39, 0.29) is 16.3 Å². The topological polar surface area (TPSA) is 62.1 Å². The molecule has 0 fully saturated rings. The lowest BCUT2D eigenvalue weighted by Gasteiger charge is -2.32. The molecule has 1 atom stereocenters. The molecule has 0 spiro atoms. The Morgan fingerprint density at radius 1 is 1.38 bits per heavy atom. The summed E-state index contributed by atoms with van der Waals surface area (Å²) < 4.78 is 45.0. The zero-order valence-corrected chi connectivity index (χ0v) is 13.4. The van der Waals surface area contributed by atoms with Gasteiger partial charge in [0.2, 0.25) is 0 Å². The van der Waals surface area contributed by atoms with Gasteiger partial charge in [-0.3, -0.25) is 4.79 Å². The Balaban J connectivity index is 2.33. The van der Waals surface area contributed by atoms with Gasteiger partial charge in [-0.15, -0.1) is 0 Å². The molecule has 0 radical (unpaired) electrons. The Morgan fingerprint density at radius 3 is 2.50 bits per heavy atom. The van der Waals surface area contributed by atoms with Gasteiger partial charge in [-0.1, -0.05) is 13.3 Å². The molecule has 5 nitrogen and oxygen atoms in total. The Kier molecular flexibility index (Phi) is 5.17. The second kappa shape index (κ2) is 6.80. The first kappa shape index (κ1) is 18.3. The van der Waals surface area contributed by atoms with Crippen molar-refractivity contribution in [1.82, 2.24) is 5.01 Å². The molecule has 2 rings (SSSR count). The maximum Gasteiger partial charge on any atom is 0.438 e. The lowest BCUT2D eigenvalue weighted by molar-refractivity contribution is -0.297. The van der Waals surface area contributed by atoms with Crippen molar-refractivity contribution in [2.75, 3.05) is 7.11 Å². The summed E-state index contributed by atoms with van der Waals surface area (Å²) in [5.41, 5.74) is -3.16. The summed E-state index contributed by atoms with van der Waals surface area (Å²) in [4.78, 5) is 12.4. The van der Waals surface area contributed by atoms with Crippen molar-refractivity contribution in [2.45, 2.75) is 44.5 Å². The number of benzene rings is 1. The van der Waals surface area contributed by atoms with E-state index in [9.17, 15) is 23.1 Å². The number of carbonyl (C=O) groups is 1. The number of hydrogen-bond donors (Lipinski definition) is 1. The van der Waals surface area contributed by atoms with Crippen LogP contribution in [-0.4, -0.2) is 40.7 Å². The second-order valence-corrected chi connectivity index (χ2v) is 5.61. The Hall–Kier alpha value is -2.09. The number of unbranched alkanes of at least 4 members (excludes halogenated alkanes) is 1. The van der Waals surface area contributed by atoms with Crippen LogP contribution in [0.25, 0.3) is 0 Å². The molecule has 0 bridgehead atoms. The fraction of sp³-hybridized carbons (Fsp3) is 0.500. The largest absolute Gasteiger partial charge is 0.497 e. The maximum atomic E-state index is 13.3. The van der Waals surface area contributed by atoms with Gasteiger partial charge in [0.15, 0.2) is 0 Å². The molecule has 0 aliphatic carbocycles. The van der Waals surface area contributed by atoms with Crippen LogP contribution in [0.2, 0.25) is 0 Å². The minimum absolute atomic E-state index is 0.0148. The first-order chi connectivity index (χ1) is 11.2. The maximum absolute atomic E-state index is 13.3. The minimum atomic E-state index is -5.01. The van der Waals surface area contributed by atoms with Gasteiger partial charge in [-0.2, -0.15) is 23.3 Å². The summed E-state index contributed by atoms with van der Waals surface area (Å²) in [6.07, 6.45) is -4.01. The summed E-state index contributed by atoms with van der Waals surface area (Å²) in [5.74, 6) is -0.546. The molecule has 0 saturated heterocycles. The van der Waals surface area contributed by atoms with Gasteiger partial charge >= 0.3 is 6.18 Å². The Morgan fingerprint density at radius 2 is 2.00 bits per heavy atom. The molecule has 1 heterocycles. The number of rotatable bonds is 5. The van der Waals surface area contributed by atoms with Crippen molar-refractivity contribution in [3.05, 3.63) is 29.8 Å². The van der Waals surface area contributed by atoms with E-state index in [0.29, 0.717) is 18.6 Å². The van der Waals surface area contributed by atoms with Crippen LogP contribution in [0, 0.1) is 0 Å². The Labute approximate surface area is 137 Å². The Bertz CT molecular complexity index is 628. The highest BCUT2D eigenvalue weighted by Crippen LogP contribution is 2.41. The molecule has 1 aromatic rings. The van der Waals surface area contributed by atoms with Crippen molar-refractivity contribution in [3.63, 3.8) is 0 Å². The smallest absolute Gasteiger partial charge is 0.438 e. The first-order valence-electron chi connectivity index (χ1n) is 7.57. The first-order valence-corrected chi connectivity index (χ1v) is 7.57. The van der Waals surface area contributed by atoms with E-state index in [2.05, 4.69) is 5.10 Å². The summed E-state index contributed by atoms with van der Waals surface area (Å²) in [5, 5.41) is 14.0. The fourth-order valence-electron chi connectivity index (χ4n) is 2.43. The van der Waals surface area contributed by atoms with Crippen LogP contribution in [0.4, 0.5) is 13.2 Å². The van der Waals surface area contributed by atoms with Gasteiger partial charge < -0.3 is 9.84 Å². The van der Waals surface area contributed by atoms with E-state index in [4.69, 9.17) is 4.74 Å². The molecular weight excluding hydrogens is 325 g/mol. The third kappa shape index (κ3) is 3.38. The standard InChI is InChI=1S/C16H19F3N2O3/c1-3-4-5-12-10-15(23,16(17,18)19)21(20-12)14(22)11-6-8-13(24-2)9-7-11/h6-9,23H,3-5,10H2,1-2H3/t15-/m1/s1. The molecule has 1 N–H and O–H groups in total. The molecular formula is C16H19F3N2O3. The number of hydrogen-bond acceptors (Lipinski definition) is 4. The predicted octanol–water partition coefficient (Wildman–Crippen LogP) is 3.34. The number of nitrogens with zero attached hydrogens (tertiary/aromatic N) is 2. The van der Waals surface area contributed by atoms with Gasteiger partial charge in [-0.25, -0.2) is 0 Å². The lowest BCUT2D eigenvalue weighted by atomic mass is 10.0. The van der Waals surface area contributed by atoms with Crippen LogP contribution in [0.1, 0.15) is 43.0 Å². The average molecular weight is 344 g/mol. The highest BCUT2D eigenvalue weighted by atomic mass is 19.4. The van der Waals surface area contributed by atoms with E-state index in [1.54, 1.807) is 0 Å². The van der Waals surface area contributed by atoms with Gasteiger partial charge in [0, 0.05) is 17.7 Å². The number of ether oxygens (including phenoxy) is 1. The summed E-state index contributed by atoms with van der Waals surface area (Å²) in [6.45, 7) is 1.89. The monoisotopic (exact) mass is 344 g/mol. The summed E-state index contributed by atoms with van der Waals surface area (Å²) in [6, 6.07) is 5.57. The van der Waals surface area contributed by atoms with Crippen molar-refractivity contribution in [1.29, 1.82) is 0 Å². The van der Waals surface area contributed by atoms with E-state index in [1.165, 1.54) is 31.4 Å². The molecule has 1 amide bonds. The molecule has 1 aliphatic heterocycles. The molecule has 0 unspecified atom stereocenters. The quantitative estimate of drug-likeness (QED) is 0.891. The summed E-state index contributed by atoms with van der Waals surface area (Å²) >= 11 is 0. The van der Waals surface area contributed by atoms with E-state index in [0.717, 1.165) is 6.42 Å². The number of carbonyl (C=O) groups excluding carboxylic acids is 1. The van der Waals surface area contributed by atoms with Gasteiger partial charge in [-0.05, 0) is 37.1 Å². The number of alkyl halides is 3. The van der Waals surface area contributed by atoms with Crippen LogP contribution >= 0.6 is 0 Å². The third-order valence-electron chi connectivity index (χ3n) is 3.84. The summed E-state index contributed by atoms with van der Waals surface area (Å²) in [7, 11) is 1.43. The van der Waals surface area contributed by atoms with E-state index >= 15 is 0 Å². The highest BCUT2D eigenvalue weighted by molar-refractivity contribution is 5.98. The number of hydrazone groups is 1. The van der Waals surface area contributed by atoms with Crippen LogP contribution < -0.4 is 4.74 Å². The zero-order chi connectivity index (χ0) is 18.0. The molecule has 132 valence electrons. The molecule has 1 aromatic carbocycles. The molecule has 0 aromatic heterocycles. The average Bonchev–Trinajstić information content (AvgIpc) is 2.90. The van der Waals surface area contributed by atoms with Crippen molar-refractivity contribution < 1.29 is 27.8 Å². The van der Waals surface area contributed by atoms with E-state index < -0.39 is 24.2 Å². The van der Waals surface area contributed by atoms with Crippen LogP contribution in [0.3, 0.4) is 0 Å². The predicted molar refractivity (Wildman–Crippen MR) is 81.7 cm³/mol. The minimum Gasteiger partial charge on any atom is -0.497 e. The number of aliphatic hydroxyl groups is 1. The van der Waals surface area contributed by atoms with Crippen molar-refractivity contribution in [3.8, 4) is 5.75 Å². The van der Waals surface area contributed by atoms with Gasteiger partial charge in [0.05, 0.1) is 7.11 Å². The zero-order valence-electron chi connectivity index (χ0n) is 13.4. The van der Waals surface area contributed by atoms with Crippen LogP contribution in [0.15, 0.2) is 29.4 Å². The lowest BCUT2D eigenvalue weighted by Crippen LogP contribution is -2.56. The van der Waals surface area contributed by atoms with Crippen molar-refractivity contribution >= 4 is 11.6 Å².